The highest BCUT2D eigenvalue weighted by Gasteiger charge is 2.17. The third-order valence-electron chi connectivity index (χ3n) is 3.92. The molecule has 0 radical (unpaired) electrons. The van der Waals surface area contributed by atoms with Crippen molar-refractivity contribution in [3.63, 3.8) is 0 Å². The quantitative estimate of drug-likeness (QED) is 0.685. The molecule has 27 heavy (non-hydrogen) atoms. The normalized spacial score (nSPS) is 11.9. The minimum absolute atomic E-state index is 0.174. The number of aromatic nitrogens is 3. The second-order valence-electron chi connectivity index (χ2n) is 5.72. The minimum atomic E-state index is -0.550. The van der Waals surface area contributed by atoms with Crippen LogP contribution in [-0.4, -0.2) is 22.3 Å². The fraction of sp³-hybridized carbons (Fsp3) is 0.167. The summed E-state index contributed by atoms with van der Waals surface area (Å²) in [5, 5.41) is 7.66. The summed E-state index contributed by atoms with van der Waals surface area (Å²) in [6, 6.07) is 7.43. The number of pyridine rings is 1. The van der Waals surface area contributed by atoms with Crippen LogP contribution in [0.15, 0.2) is 36.5 Å². The molecule has 0 aliphatic heterocycles. The molecule has 1 aromatic carbocycles. The molecule has 0 fully saturated rings. The summed E-state index contributed by atoms with van der Waals surface area (Å²) >= 11 is 5.90. The third kappa shape index (κ3) is 4.01. The van der Waals surface area contributed by atoms with E-state index in [1.54, 1.807) is 19.1 Å². The topological polar surface area (TPSA) is 109 Å². The summed E-state index contributed by atoms with van der Waals surface area (Å²) in [5.74, 6) is 0.774. The van der Waals surface area contributed by atoms with Crippen LogP contribution in [0.1, 0.15) is 18.6 Å². The standard InChI is InChI=1S/C18H17ClFN5O2/c1-9(12-6-11(20)3-4-14(12)26-2)27-15-5-10(8-23-18(15)22)13-7-16(19)24-25-17(13)21/h3-9H,1-2H3,(H2,21,25)(H2,22,23). The van der Waals surface area contributed by atoms with Gasteiger partial charge in [-0.25, -0.2) is 9.37 Å². The summed E-state index contributed by atoms with van der Waals surface area (Å²) in [4.78, 5) is 4.13. The number of nitrogen functional groups attached to an aromatic ring is 2. The van der Waals surface area contributed by atoms with Crippen molar-refractivity contribution in [3.05, 3.63) is 53.1 Å². The Bertz CT molecular complexity index is 986. The highest BCUT2D eigenvalue weighted by atomic mass is 35.5. The molecule has 140 valence electrons. The Morgan fingerprint density at radius 2 is 1.85 bits per heavy atom. The summed E-state index contributed by atoms with van der Waals surface area (Å²) in [7, 11) is 1.50. The van der Waals surface area contributed by atoms with Gasteiger partial charge in [-0.15, -0.1) is 10.2 Å². The molecule has 9 heteroatoms. The van der Waals surface area contributed by atoms with Crippen LogP contribution in [0.4, 0.5) is 16.0 Å². The van der Waals surface area contributed by atoms with Crippen LogP contribution in [0.25, 0.3) is 11.1 Å². The molecule has 7 nitrogen and oxygen atoms in total. The van der Waals surface area contributed by atoms with Gasteiger partial charge in [-0.2, -0.15) is 0 Å². The van der Waals surface area contributed by atoms with E-state index in [4.69, 9.17) is 32.5 Å². The SMILES string of the molecule is COc1ccc(F)cc1C(C)Oc1cc(-c2cc(Cl)nnc2N)cnc1N. The maximum absolute atomic E-state index is 13.6. The summed E-state index contributed by atoms with van der Waals surface area (Å²) < 4.78 is 24.8. The van der Waals surface area contributed by atoms with Crippen LogP contribution in [0.2, 0.25) is 5.15 Å². The maximum atomic E-state index is 13.6. The van der Waals surface area contributed by atoms with Crippen molar-refractivity contribution in [3.8, 4) is 22.6 Å². The van der Waals surface area contributed by atoms with Crippen molar-refractivity contribution in [2.75, 3.05) is 18.6 Å². The zero-order valence-corrected chi connectivity index (χ0v) is 15.4. The van der Waals surface area contributed by atoms with Crippen LogP contribution in [0.5, 0.6) is 11.5 Å². The highest BCUT2D eigenvalue weighted by molar-refractivity contribution is 6.29. The molecule has 3 aromatic rings. The first kappa shape index (κ1) is 18.7. The van der Waals surface area contributed by atoms with Gasteiger partial charge >= 0.3 is 0 Å². The van der Waals surface area contributed by atoms with Crippen LogP contribution in [-0.2, 0) is 0 Å². The van der Waals surface area contributed by atoms with Gasteiger partial charge in [0.25, 0.3) is 0 Å². The van der Waals surface area contributed by atoms with Crippen molar-refractivity contribution in [2.45, 2.75) is 13.0 Å². The average molecular weight is 390 g/mol. The van der Waals surface area contributed by atoms with Crippen LogP contribution in [0.3, 0.4) is 0 Å². The van der Waals surface area contributed by atoms with Crippen molar-refractivity contribution in [1.82, 2.24) is 15.2 Å². The van der Waals surface area contributed by atoms with E-state index < -0.39 is 11.9 Å². The Hall–Kier alpha value is -3.13. The zero-order valence-electron chi connectivity index (χ0n) is 14.6. The first-order valence-electron chi connectivity index (χ1n) is 7.93. The molecule has 1 atom stereocenters. The number of benzene rings is 1. The molecule has 0 aliphatic carbocycles. The van der Waals surface area contributed by atoms with E-state index >= 15 is 0 Å². The lowest BCUT2D eigenvalue weighted by atomic mass is 10.1. The molecule has 0 amide bonds. The first-order chi connectivity index (χ1) is 12.9. The number of nitrogens with zero attached hydrogens (tertiary/aromatic N) is 3. The minimum Gasteiger partial charge on any atom is -0.496 e. The van der Waals surface area contributed by atoms with E-state index in [1.807, 2.05) is 0 Å². The van der Waals surface area contributed by atoms with E-state index in [-0.39, 0.29) is 16.8 Å². The molecule has 0 saturated heterocycles. The van der Waals surface area contributed by atoms with Crippen LogP contribution in [0, 0.1) is 5.82 Å². The average Bonchev–Trinajstić information content (AvgIpc) is 2.65. The van der Waals surface area contributed by atoms with E-state index in [9.17, 15) is 4.39 Å². The molecule has 1 unspecified atom stereocenters. The Balaban J connectivity index is 1.96. The Morgan fingerprint density at radius 1 is 1.07 bits per heavy atom. The van der Waals surface area contributed by atoms with Gasteiger partial charge in [-0.1, -0.05) is 11.6 Å². The van der Waals surface area contributed by atoms with Crippen molar-refractivity contribution in [2.24, 2.45) is 0 Å². The number of ether oxygens (including phenoxy) is 2. The van der Waals surface area contributed by atoms with Crippen LogP contribution >= 0.6 is 11.6 Å². The van der Waals surface area contributed by atoms with E-state index in [0.29, 0.717) is 28.2 Å². The lowest BCUT2D eigenvalue weighted by molar-refractivity contribution is 0.221. The number of anilines is 2. The van der Waals surface area contributed by atoms with Crippen molar-refractivity contribution < 1.29 is 13.9 Å². The molecule has 0 bridgehead atoms. The fourth-order valence-corrected chi connectivity index (χ4v) is 2.73. The van der Waals surface area contributed by atoms with Gasteiger partial charge < -0.3 is 20.9 Å². The van der Waals surface area contributed by atoms with Gasteiger partial charge in [0.2, 0.25) is 0 Å². The number of halogens is 2. The molecule has 3 rings (SSSR count). The van der Waals surface area contributed by atoms with Gasteiger partial charge in [0.1, 0.15) is 17.7 Å². The Morgan fingerprint density at radius 3 is 2.59 bits per heavy atom. The number of methoxy groups -OCH3 is 1. The molecule has 0 spiro atoms. The molecular weight excluding hydrogens is 373 g/mol. The highest BCUT2D eigenvalue weighted by Crippen LogP contribution is 2.35. The molecule has 2 heterocycles. The lowest BCUT2D eigenvalue weighted by Crippen LogP contribution is -2.08. The lowest BCUT2D eigenvalue weighted by Gasteiger charge is -2.19. The summed E-state index contributed by atoms with van der Waals surface area (Å²) in [5.41, 5.74) is 13.5. The van der Waals surface area contributed by atoms with Gasteiger partial charge in [-0.3, -0.25) is 0 Å². The largest absolute Gasteiger partial charge is 0.496 e. The van der Waals surface area contributed by atoms with E-state index in [1.165, 1.54) is 31.5 Å². The number of rotatable bonds is 5. The van der Waals surface area contributed by atoms with Crippen molar-refractivity contribution in [1.29, 1.82) is 0 Å². The zero-order chi connectivity index (χ0) is 19.6. The summed E-state index contributed by atoms with van der Waals surface area (Å²) in [6.45, 7) is 1.75. The Labute approximate surface area is 160 Å². The second kappa shape index (κ2) is 7.63. The fourth-order valence-electron chi connectivity index (χ4n) is 2.58. The molecule has 4 N–H and O–H groups in total. The summed E-state index contributed by atoms with van der Waals surface area (Å²) in [6.07, 6.45) is 0.978. The van der Waals surface area contributed by atoms with E-state index in [2.05, 4.69) is 15.2 Å². The van der Waals surface area contributed by atoms with Gasteiger partial charge in [-0.05, 0) is 37.3 Å². The Kier molecular flexibility index (Phi) is 5.27. The van der Waals surface area contributed by atoms with Gasteiger partial charge in [0.05, 0.1) is 7.11 Å². The van der Waals surface area contributed by atoms with Crippen LogP contribution < -0.4 is 20.9 Å². The maximum Gasteiger partial charge on any atom is 0.166 e. The number of hydrogen-bond acceptors (Lipinski definition) is 7. The molecular formula is C18H17ClFN5O2. The molecule has 0 saturated carbocycles. The predicted octanol–water partition coefficient (Wildman–Crippen LogP) is 3.64. The van der Waals surface area contributed by atoms with Gasteiger partial charge in [0.15, 0.2) is 22.5 Å². The van der Waals surface area contributed by atoms with E-state index in [0.717, 1.165) is 0 Å². The van der Waals surface area contributed by atoms with Gasteiger partial charge in [0, 0.05) is 22.9 Å². The molecule has 0 aliphatic rings. The first-order valence-corrected chi connectivity index (χ1v) is 8.31. The molecule has 2 aromatic heterocycles. The number of hydrogen-bond donors (Lipinski definition) is 2. The number of nitrogens with two attached hydrogens (primary N) is 2. The third-order valence-corrected chi connectivity index (χ3v) is 4.10. The second-order valence-corrected chi connectivity index (χ2v) is 6.11. The van der Waals surface area contributed by atoms with Crippen molar-refractivity contribution >= 4 is 23.2 Å². The smallest absolute Gasteiger partial charge is 0.166 e. The predicted molar refractivity (Wildman–Crippen MR) is 101 cm³/mol. The monoisotopic (exact) mass is 389 g/mol.